The number of hydrogen-bond acceptors (Lipinski definition) is 5. The summed E-state index contributed by atoms with van der Waals surface area (Å²) >= 11 is 6.35. The van der Waals surface area contributed by atoms with Gasteiger partial charge in [0.15, 0.2) is 0 Å². The van der Waals surface area contributed by atoms with Crippen LogP contribution < -0.4 is 10.6 Å². The number of benzene rings is 2. The minimum absolute atomic E-state index is 0.131. The molecule has 2 atom stereocenters. The molecule has 0 aliphatic rings. The van der Waals surface area contributed by atoms with Gasteiger partial charge in [-0.2, -0.15) is 0 Å². The molecule has 0 heterocycles. The number of anilines is 1. The molecule has 0 fully saturated rings. The smallest absolute Gasteiger partial charge is 0.408 e. The first-order chi connectivity index (χ1) is 17.3. The molecular weight excluding hydrogens is 494 g/mol. The quantitative estimate of drug-likeness (QED) is 0.378. The van der Waals surface area contributed by atoms with E-state index in [-0.39, 0.29) is 23.8 Å². The number of phenols is 1. The molecule has 0 saturated carbocycles. The Hall–Kier alpha value is -3.26. The van der Waals surface area contributed by atoms with Crippen molar-refractivity contribution < 1.29 is 24.2 Å². The number of carbonyl (C=O) groups is 3. The molecular formula is C28H38ClN3O5. The summed E-state index contributed by atoms with van der Waals surface area (Å²) in [6.45, 7) is 12.7. The first-order valence-corrected chi connectivity index (χ1v) is 12.8. The summed E-state index contributed by atoms with van der Waals surface area (Å²) in [7, 11) is 0. The standard InChI is InChI=1S/C28H38ClN3O5/c1-8-16-32(26(35)22(17(2)3)31-27(36)37-28(5,6)7)24(19-13-9-10-15-21(19)33)25(34)30-23-18(4)12-11-14-20(23)29/h9-15,17,22,24,33H,8,16H2,1-7H3,(H,30,34)(H,31,36). The van der Waals surface area contributed by atoms with Gasteiger partial charge in [0.2, 0.25) is 5.91 Å². The van der Waals surface area contributed by atoms with Crippen LogP contribution >= 0.6 is 11.6 Å². The zero-order valence-corrected chi connectivity index (χ0v) is 23.3. The third-order valence-electron chi connectivity index (χ3n) is 5.61. The lowest BCUT2D eigenvalue weighted by Gasteiger charge is -2.35. The summed E-state index contributed by atoms with van der Waals surface area (Å²) in [5.41, 5.74) is 0.678. The number of aromatic hydroxyl groups is 1. The van der Waals surface area contributed by atoms with Gasteiger partial charge in [-0.05, 0) is 57.7 Å². The van der Waals surface area contributed by atoms with E-state index >= 15 is 0 Å². The van der Waals surface area contributed by atoms with E-state index in [1.54, 1.807) is 65.0 Å². The molecule has 0 aromatic heterocycles. The van der Waals surface area contributed by atoms with Gasteiger partial charge in [-0.3, -0.25) is 9.59 Å². The van der Waals surface area contributed by atoms with Gasteiger partial charge in [-0.15, -0.1) is 0 Å². The molecule has 0 saturated heterocycles. The second-order valence-electron chi connectivity index (χ2n) is 10.3. The molecule has 3 amide bonds. The average Bonchev–Trinajstić information content (AvgIpc) is 2.79. The van der Waals surface area contributed by atoms with Crippen molar-refractivity contribution in [2.75, 3.05) is 11.9 Å². The lowest BCUT2D eigenvalue weighted by atomic mass is 9.98. The Bertz CT molecular complexity index is 1090. The van der Waals surface area contributed by atoms with Crippen LogP contribution in [0.5, 0.6) is 5.75 Å². The summed E-state index contributed by atoms with van der Waals surface area (Å²) in [5.74, 6) is -1.45. The summed E-state index contributed by atoms with van der Waals surface area (Å²) in [6, 6.07) is 9.47. The van der Waals surface area contributed by atoms with Crippen LogP contribution in [-0.2, 0) is 14.3 Å². The van der Waals surface area contributed by atoms with Crippen LogP contribution in [0.25, 0.3) is 0 Å². The highest BCUT2D eigenvalue weighted by Gasteiger charge is 2.38. The van der Waals surface area contributed by atoms with E-state index in [1.165, 1.54) is 11.0 Å². The number of alkyl carbamates (subject to hydrolysis) is 1. The second-order valence-corrected chi connectivity index (χ2v) is 10.7. The molecule has 0 bridgehead atoms. The Kier molecular flexibility index (Phi) is 10.4. The number of para-hydroxylation sites is 2. The highest BCUT2D eigenvalue weighted by Crippen LogP contribution is 2.33. The van der Waals surface area contributed by atoms with Crippen molar-refractivity contribution in [2.24, 2.45) is 5.92 Å². The van der Waals surface area contributed by atoms with Crippen molar-refractivity contribution in [2.45, 2.75) is 72.6 Å². The van der Waals surface area contributed by atoms with E-state index in [0.29, 0.717) is 17.1 Å². The fourth-order valence-corrected chi connectivity index (χ4v) is 4.15. The van der Waals surface area contributed by atoms with Crippen molar-refractivity contribution in [3.05, 3.63) is 58.6 Å². The highest BCUT2D eigenvalue weighted by molar-refractivity contribution is 6.34. The maximum absolute atomic E-state index is 14.0. The number of halogens is 1. The monoisotopic (exact) mass is 531 g/mol. The first-order valence-electron chi connectivity index (χ1n) is 12.4. The van der Waals surface area contributed by atoms with Gasteiger partial charge in [0.1, 0.15) is 23.4 Å². The molecule has 2 unspecified atom stereocenters. The van der Waals surface area contributed by atoms with Crippen LogP contribution in [0.2, 0.25) is 5.02 Å². The largest absolute Gasteiger partial charge is 0.508 e. The van der Waals surface area contributed by atoms with Gasteiger partial charge in [-0.25, -0.2) is 4.79 Å². The van der Waals surface area contributed by atoms with E-state index in [4.69, 9.17) is 16.3 Å². The molecule has 0 aliphatic heterocycles. The van der Waals surface area contributed by atoms with Gasteiger partial charge < -0.3 is 25.4 Å². The van der Waals surface area contributed by atoms with Crippen molar-refractivity contribution in [1.29, 1.82) is 0 Å². The van der Waals surface area contributed by atoms with Crippen molar-refractivity contribution in [3.63, 3.8) is 0 Å². The number of rotatable bonds is 9. The molecule has 37 heavy (non-hydrogen) atoms. The summed E-state index contributed by atoms with van der Waals surface area (Å²) in [4.78, 5) is 41.7. The van der Waals surface area contributed by atoms with Gasteiger partial charge >= 0.3 is 6.09 Å². The molecule has 2 aromatic rings. The molecule has 2 aromatic carbocycles. The highest BCUT2D eigenvalue weighted by atomic mass is 35.5. The van der Waals surface area contributed by atoms with E-state index in [9.17, 15) is 19.5 Å². The molecule has 9 heteroatoms. The number of nitrogens with one attached hydrogen (secondary N) is 2. The number of phenolic OH excluding ortho intramolecular Hbond substituents is 1. The summed E-state index contributed by atoms with van der Waals surface area (Å²) in [5, 5.41) is 16.6. The molecule has 3 N–H and O–H groups in total. The summed E-state index contributed by atoms with van der Waals surface area (Å²) < 4.78 is 5.37. The van der Waals surface area contributed by atoms with Crippen molar-refractivity contribution in [1.82, 2.24) is 10.2 Å². The predicted octanol–water partition coefficient (Wildman–Crippen LogP) is 5.82. The Labute approximate surface area is 224 Å². The number of carbonyl (C=O) groups excluding carboxylic acids is 3. The molecule has 2 rings (SSSR count). The van der Waals surface area contributed by atoms with E-state index in [2.05, 4.69) is 10.6 Å². The number of aryl methyl sites for hydroxylation is 1. The fraction of sp³-hybridized carbons (Fsp3) is 0.464. The molecule has 0 aliphatic carbocycles. The van der Waals surface area contributed by atoms with E-state index in [0.717, 1.165) is 5.56 Å². The first kappa shape index (κ1) is 30.0. The SMILES string of the molecule is CCCN(C(=O)C(NC(=O)OC(C)(C)C)C(C)C)C(C(=O)Nc1c(C)cccc1Cl)c1ccccc1O. The molecule has 0 spiro atoms. The Morgan fingerprint density at radius 3 is 2.27 bits per heavy atom. The Balaban J connectivity index is 2.54. The third kappa shape index (κ3) is 8.12. The third-order valence-corrected chi connectivity index (χ3v) is 5.93. The lowest BCUT2D eigenvalue weighted by Crippen LogP contribution is -2.54. The molecule has 0 radical (unpaired) electrons. The van der Waals surface area contributed by atoms with Crippen LogP contribution in [0.3, 0.4) is 0 Å². The summed E-state index contributed by atoms with van der Waals surface area (Å²) in [6.07, 6.45) is -0.197. The molecule has 202 valence electrons. The maximum Gasteiger partial charge on any atom is 0.408 e. The van der Waals surface area contributed by atoms with Crippen LogP contribution in [0.15, 0.2) is 42.5 Å². The minimum Gasteiger partial charge on any atom is -0.508 e. The van der Waals surface area contributed by atoms with Gasteiger partial charge in [-0.1, -0.05) is 62.7 Å². The van der Waals surface area contributed by atoms with E-state index in [1.807, 2.05) is 19.9 Å². The van der Waals surface area contributed by atoms with Crippen LogP contribution in [0.4, 0.5) is 10.5 Å². The van der Waals surface area contributed by atoms with Crippen molar-refractivity contribution >= 4 is 35.2 Å². The number of nitrogens with zero attached hydrogens (tertiary/aromatic N) is 1. The number of hydrogen-bond donors (Lipinski definition) is 3. The van der Waals surface area contributed by atoms with Crippen LogP contribution in [-0.4, -0.2) is 46.1 Å². The maximum atomic E-state index is 14.0. The van der Waals surface area contributed by atoms with Crippen LogP contribution in [0.1, 0.15) is 65.1 Å². The van der Waals surface area contributed by atoms with Gasteiger partial charge in [0.05, 0.1) is 10.7 Å². The fourth-order valence-electron chi connectivity index (χ4n) is 3.89. The Morgan fingerprint density at radius 2 is 1.73 bits per heavy atom. The zero-order valence-electron chi connectivity index (χ0n) is 22.6. The van der Waals surface area contributed by atoms with Crippen LogP contribution in [0, 0.1) is 12.8 Å². The van der Waals surface area contributed by atoms with E-state index < -0.39 is 35.6 Å². The number of ether oxygens (including phenoxy) is 1. The Morgan fingerprint density at radius 1 is 1.08 bits per heavy atom. The topological polar surface area (TPSA) is 108 Å². The number of amides is 3. The van der Waals surface area contributed by atoms with Crippen molar-refractivity contribution in [3.8, 4) is 5.75 Å². The lowest BCUT2D eigenvalue weighted by molar-refractivity contribution is -0.141. The molecule has 8 nitrogen and oxygen atoms in total. The zero-order chi connectivity index (χ0) is 27.9. The predicted molar refractivity (Wildman–Crippen MR) is 146 cm³/mol. The van der Waals surface area contributed by atoms with Gasteiger partial charge in [0.25, 0.3) is 5.91 Å². The minimum atomic E-state index is -1.19. The normalized spacial score (nSPS) is 13.0. The second kappa shape index (κ2) is 12.8. The van der Waals surface area contributed by atoms with Gasteiger partial charge in [0, 0.05) is 12.1 Å². The average molecular weight is 532 g/mol.